The molecule has 0 fully saturated rings. The molecule has 1 aromatic heterocycles. The Bertz CT molecular complexity index is 1040. The number of amides is 1. The van der Waals surface area contributed by atoms with Gasteiger partial charge < -0.3 is 4.90 Å². The first kappa shape index (κ1) is 17.2. The molecule has 0 saturated carbocycles. The fourth-order valence-electron chi connectivity index (χ4n) is 3.20. The molecule has 3 aromatic rings. The van der Waals surface area contributed by atoms with E-state index in [1.54, 1.807) is 21.6 Å². The Kier molecular flexibility index (Phi) is 4.35. The van der Waals surface area contributed by atoms with Gasteiger partial charge in [0.1, 0.15) is 5.82 Å². The highest BCUT2D eigenvalue weighted by Gasteiger charge is 2.25. The van der Waals surface area contributed by atoms with Crippen LogP contribution in [0.5, 0.6) is 0 Å². The highest BCUT2D eigenvalue weighted by Crippen LogP contribution is 2.13. The molecule has 2 heterocycles. The molecule has 0 N–H and O–H groups in total. The van der Waals surface area contributed by atoms with Crippen LogP contribution in [0.3, 0.4) is 0 Å². The van der Waals surface area contributed by atoms with Crippen molar-refractivity contribution in [1.29, 1.82) is 0 Å². The third-order valence-corrected chi connectivity index (χ3v) is 4.76. The van der Waals surface area contributed by atoms with Crippen LogP contribution in [0.25, 0.3) is 5.69 Å². The van der Waals surface area contributed by atoms with Crippen molar-refractivity contribution in [3.05, 3.63) is 81.8 Å². The maximum absolute atomic E-state index is 13.0. The molecule has 0 aliphatic carbocycles. The number of hydrogen-bond acceptors (Lipinski definition) is 3. The molecule has 1 aliphatic heterocycles. The molecular weight excluding hydrogens is 347 g/mol. The minimum atomic E-state index is -0.324. The normalized spacial score (nSPS) is 13.5. The first-order chi connectivity index (χ1) is 13.0. The summed E-state index contributed by atoms with van der Waals surface area (Å²) >= 11 is 0. The second-order valence-corrected chi connectivity index (χ2v) is 6.72. The number of benzene rings is 2. The molecule has 0 saturated heterocycles. The van der Waals surface area contributed by atoms with Crippen LogP contribution in [0.2, 0.25) is 0 Å². The number of carbonyl (C=O) groups excluding carboxylic acids is 1. The zero-order chi connectivity index (χ0) is 19.0. The van der Waals surface area contributed by atoms with Crippen LogP contribution >= 0.6 is 0 Å². The molecule has 7 heteroatoms. The van der Waals surface area contributed by atoms with Gasteiger partial charge in [-0.2, -0.15) is 4.68 Å². The molecule has 27 heavy (non-hydrogen) atoms. The largest absolute Gasteiger partial charge is 0.350 e. The third kappa shape index (κ3) is 3.40. The highest BCUT2D eigenvalue weighted by atomic mass is 19.1. The van der Waals surface area contributed by atoms with Crippen molar-refractivity contribution in [2.75, 3.05) is 6.54 Å². The van der Waals surface area contributed by atoms with E-state index in [0.717, 1.165) is 11.1 Å². The number of rotatable bonds is 3. The number of carbonyl (C=O) groups is 1. The molecule has 0 spiro atoms. The summed E-state index contributed by atoms with van der Waals surface area (Å²) in [5, 5.41) is 4.43. The van der Waals surface area contributed by atoms with E-state index in [9.17, 15) is 14.0 Å². The van der Waals surface area contributed by atoms with Gasteiger partial charge in [0.25, 0.3) is 0 Å². The first-order valence-electron chi connectivity index (χ1n) is 8.79. The smallest absolute Gasteiger partial charge is 0.333 e. The summed E-state index contributed by atoms with van der Waals surface area (Å²) in [5.41, 5.74) is 2.37. The summed E-state index contributed by atoms with van der Waals surface area (Å²) in [6, 6.07) is 13.5. The summed E-state index contributed by atoms with van der Waals surface area (Å²) < 4.78 is 16.0. The number of fused-ring (bicyclic) bond motifs is 1. The van der Waals surface area contributed by atoms with Crippen LogP contribution in [-0.2, 0) is 24.3 Å². The van der Waals surface area contributed by atoms with Gasteiger partial charge in [-0.05, 0) is 36.8 Å². The van der Waals surface area contributed by atoms with Crippen LogP contribution in [0.4, 0.5) is 4.39 Å². The maximum atomic E-state index is 13.0. The van der Waals surface area contributed by atoms with Crippen LogP contribution in [0, 0.1) is 12.7 Å². The van der Waals surface area contributed by atoms with Crippen LogP contribution < -0.4 is 5.69 Å². The van der Waals surface area contributed by atoms with Crippen LogP contribution in [-0.4, -0.2) is 31.7 Å². The van der Waals surface area contributed by atoms with E-state index in [4.69, 9.17) is 0 Å². The Hall–Kier alpha value is -3.22. The highest BCUT2D eigenvalue weighted by molar-refractivity contribution is 5.78. The first-order valence-corrected chi connectivity index (χ1v) is 8.79. The lowest BCUT2D eigenvalue weighted by molar-refractivity contribution is -0.132. The van der Waals surface area contributed by atoms with Crippen molar-refractivity contribution in [3.63, 3.8) is 0 Å². The molecule has 6 nitrogen and oxygen atoms in total. The average molecular weight is 366 g/mol. The average Bonchev–Trinajstić information content (AvgIpc) is 3.00. The zero-order valence-corrected chi connectivity index (χ0v) is 14.9. The molecule has 0 bridgehead atoms. The van der Waals surface area contributed by atoms with E-state index in [2.05, 4.69) is 5.10 Å². The van der Waals surface area contributed by atoms with Gasteiger partial charge in [0.2, 0.25) is 5.91 Å². The minimum absolute atomic E-state index is 0.0646. The molecular formula is C20H19FN4O2. The van der Waals surface area contributed by atoms with Gasteiger partial charge in [0.15, 0.2) is 5.82 Å². The van der Waals surface area contributed by atoms with Crippen molar-refractivity contribution in [2.24, 2.45) is 0 Å². The lowest BCUT2D eigenvalue weighted by Gasteiger charge is -2.26. The summed E-state index contributed by atoms with van der Waals surface area (Å²) in [7, 11) is 0. The van der Waals surface area contributed by atoms with Gasteiger partial charge in [-0.25, -0.2) is 9.18 Å². The van der Waals surface area contributed by atoms with Crippen molar-refractivity contribution in [1.82, 2.24) is 19.2 Å². The Labute approximate surface area is 155 Å². The molecule has 2 aromatic carbocycles. The van der Waals surface area contributed by atoms with Crippen LogP contribution in [0.15, 0.2) is 53.3 Å². The van der Waals surface area contributed by atoms with Gasteiger partial charge in [-0.15, -0.1) is 5.10 Å². The molecule has 0 unspecified atom stereocenters. The number of halogens is 1. The Morgan fingerprint density at radius 2 is 1.78 bits per heavy atom. The van der Waals surface area contributed by atoms with Gasteiger partial charge in [0.05, 0.1) is 18.7 Å². The minimum Gasteiger partial charge on any atom is -0.333 e. The summed E-state index contributed by atoms with van der Waals surface area (Å²) in [4.78, 5) is 26.9. The molecule has 138 valence electrons. The Morgan fingerprint density at radius 1 is 1.07 bits per heavy atom. The number of aromatic nitrogens is 3. The summed E-state index contributed by atoms with van der Waals surface area (Å²) in [5.74, 6) is 0.180. The lowest BCUT2D eigenvalue weighted by Crippen LogP contribution is -2.41. The molecule has 0 atom stereocenters. The quantitative estimate of drug-likeness (QED) is 0.713. The van der Waals surface area contributed by atoms with E-state index in [1.165, 1.54) is 16.8 Å². The molecule has 0 radical (unpaired) electrons. The van der Waals surface area contributed by atoms with Gasteiger partial charge in [0, 0.05) is 13.1 Å². The van der Waals surface area contributed by atoms with Crippen molar-refractivity contribution in [3.8, 4) is 5.69 Å². The number of hydrogen-bond donors (Lipinski definition) is 0. The van der Waals surface area contributed by atoms with Gasteiger partial charge in [-0.1, -0.05) is 29.8 Å². The SMILES string of the molecule is Cc1ccc(-n2nc3n(c2=O)CCN(C(=O)Cc2ccc(F)cc2)C3)cc1. The second-order valence-electron chi connectivity index (χ2n) is 6.72. The predicted octanol–water partition coefficient (Wildman–Crippen LogP) is 2.07. The fourth-order valence-corrected chi connectivity index (χ4v) is 3.20. The summed E-state index contributed by atoms with van der Waals surface area (Å²) in [6.45, 7) is 3.13. The maximum Gasteiger partial charge on any atom is 0.350 e. The zero-order valence-electron chi connectivity index (χ0n) is 14.9. The predicted molar refractivity (Wildman–Crippen MR) is 98.1 cm³/mol. The Balaban J connectivity index is 1.53. The van der Waals surface area contributed by atoms with Crippen molar-refractivity contribution in [2.45, 2.75) is 26.4 Å². The van der Waals surface area contributed by atoms with E-state index in [1.807, 2.05) is 31.2 Å². The van der Waals surface area contributed by atoms with E-state index in [-0.39, 0.29) is 30.4 Å². The van der Waals surface area contributed by atoms with Crippen molar-refractivity contribution >= 4 is 5.91 Å². The van der Waals surface area contributed by atoms with E-state index < -0.39 is 0 Å². The Morgan fingerprint density at radius 3 is 2.48 bits per heavy atom. The van der Waals surface area contributed by atoms with E-state index in [0.29, 0.717) is 24.6 Å². The summed E-state index contributed by atoms with van der Waals surface area (Å²) in [6.07, 6.45) is 0.198. The third-order valence-electron chi connectivity index (χ3n) is 4.76. The molecule has 1 aliphatic rings. The van der Waals surface area contributed by atoms with E-state index >= 15 is 0 Å². The number of aryl methyl sites for hydroxylation is 1. The van der Waals surface area contributed by atoms with Gasteiger partial charge >= 0.3 is 5.69 Å². The van der Waals surface area contributed by atoms with Gasteiger partial charge in [-0.3, -0.25) is 9.36 Å². The lowest BCUT2D eigenvalue weighted by atomic mass is 10.1. The van der Waals surface area contributed by atoms with Crippen LogP contribution in [0.1, 0.15) is 17.0 Å². The monoisotopic (exact) mass is 366 g/mol. The molecule has 4 rings (SSSR count). The molecule has 1 amide bonds. The topological polar surface area (TPSA) is 60.1 Å². The standard InChI is InChI=1S/C20H19FN4O2/c1-14-2-8-17(9-3-14)25-20(27)24-11-10-23(13-18(24)22-25)19(26)12-15-4-6-16(21)7-5-15/h2-9H,10-13H2,1H3. The second kappa shape index (κ2) is 6.83. The fraction of sp³-hybridized carbons (Fsp3) is 0.250. The number of nitrogens with zero attached hydrogens (tertiary/aromatic N) is 4. The van der Waals surface area contributed by atoms with Crippen molar-refractivity contribution < 1.29 is 9.18 Å².